The third-order valence-corrected chi connectivity index (χ3v) is 4.90. The number of aliphatic imine (C=N–C) groups is 1. The number of carboxylic acid groups (broad SMARTS) is 1. The zero-order chi connectivity index (χ0) is 14.3. The highest BCUT2D eigenvalue weighted by molar-refractivity contribution is 7.90. The maximum Gasteiger partial charge on any atom is 0.305 e. The minimum Gasteiger partial charge on any atom is -0.481 e. The van der Waals surface area contributed by atoms with E-state index >= 15 is 0 Å². The fourth-order valence-electron chi connectivity index (χ4n) is 2.37. The maximum atomic E-state index is 11.9. The van der Waals surface area contributed by atoms with Gasteiger partial charge in [-0.3, -0.25) is 14.5 Å². The Bertz CT molecular complexity index is 692. The molecular formula is C13H14N2O4S. The van der Waals surface area contributed by atoms with E-state index in [9.17, 15) is 13.2 Å². The van der Waals surface area contributed by atoms with Gasteiger partial charge in [-0.1, -0.05) is 12.1 Å². The molecule has 1 fully saturated rings. The SMILES string of the molecule is O=C(O)CC(N=C1NS(=O)(=O)c2ccccc21)C1CC1. The van der Waals surface area contributed by atoms with E-state index in [0.717, 1.165) is 12.8 Å². The van der Waals surface area contributed by atoms with E-state index in [1.807, 2.05) is 0 Å². The number of hydrogen-bond donors (Lipinski definition) is 2. The molecule has 7 heteroatoms. The van der Waals surface area contributed by atoms with Crippen molar-refractivity contribution in [1.82, 2.24) is 4.72 Å². The number of benzene rings is 1. The second-order valence-corrected chi connectivity index (χ2v) is 6.73. The van der Waals surface area contributed by atoms with Gasteiger partial charge < -0.3 is 5.11 Å². The van der Waals surface area contributed by atoms with Gasteiger partial charge in [-0.25, -0.2) is 8.42 Å². The molecule has 6 nitrogen and oxygen atoms in total. The Morgan fingerprint density at radius 3 is 2.75 bits per heavy atom. The van der Waals surface area contributed by atoms with Gasteiger partial charge in [0.2, 0.25) is 0 Å². The Hall–Kier alpha value is -1.89. The highest BCUT2D eigenvalue weighted by atomic mass is 32.2. The Labute approximate surface area is 116 Å². The monoisotopic (exact) mass is 294 g/mol. The van der Waals surface area contributed by atoms with E-state index in [1.165, 1.54) is 6.07 Å². The van der Waals surface area contributed by atoms with Crippen molar-refractivity contribution in [1.29, 1.82) is 0 Å². The number of nitrogens with zero attached hydrogens (tertiary/aromatic N) is 1. The summed E-state index contributed by atoms with van der Waals surface area (Å²) in [5, 5.41) is 8.92. The lowest BCUT2D eigenvalue weighted by molar-refractivity contribution is -0.137. The van der Waals surface area contributed by atoms with E-state index in [2.05, 4.69) is 9.71 Å². The fourth-order valence-corrected chi connectivity index (χ4v) is 3.61. The quantitative estimate of drug-likeness (QED) is 0.865. The Balaban J connectivity index is 1.98. The number of hydrogen-bond acceptors (Lipinski definition) is 4. The molecular weight excluding hydrogens is 280 g/mol. The molecule has 0 bridgehead atoms. The average Bonchev–Trinajstić information content (AvgIpc) is 3.17. The minimum absolute atomic E-state index is 0.0714. The van der Waals surface area contributed by atoms with Crippen molar-refractivity contribution in [2.75, 3.05) is 0 Å². The van der Waals surface area contributed by atoms with Gasteiger partial charge in [0.05, 0.1) is 17.4 Å². The first kappa shape index (κ1) is 13.1. The summed E-state index contributed by atoms with van der Waals surface area (Å²) in [7, 11) is -3.56. The molecule has 1 atom stereocenters. The Morgan fingerprint density at radius 2 is 2.10 bits per heavy atom. The number of rotatable bonds is 4. The van der Waals surface area contributed by atoms with Crippen molar-refractivity contribution in [2.24, 2.45) is 10.9 Å². The molecule has 1 saturated carbocycles. The van der Waals surface area contributed by atoms with Crippen molar-refractivity contribution >= 4 is 21.8 Å². The van der Waals surface area contributed by atoms with Gasteiger partial charge in [-0.2, -0.15) is 0 Å². The van der Waals surface area contributed by atoms with Crippen molar-refractivity contribution in [3.05, 3.63) is 29.8 Å². The first-order valence-corrected chi connectivity index (χ1v) is 7.87. The summed E-state index contributed by atoms with van der Waals surface area (Å²) < 4.78 is 26.3. The van der Waals surface area contributed by atoms with Gasteiger partial charge in [0.25, 0.3) is 10.0 Å². The summed E-state index contributed by atoms with van der Waals surface area (Å²) in [4.78, 5) is 15.4. The molecule has 0 radical (unpaired) electrons. The molecule has 1 aromatic carbocycles. The summed E-state index contributed by atoms with van der Waals surface area (Å²) >= 11 is 0. The molecule has 0 aromatic heterocycles. The summed E-state index contributed by atoms with van der Waals surface area (Å²) in [6.45, 7) is 0. The first-order chi connectivity index (χ1) is 9.47. The van der Waals surface area contributed by atoms with Crippen LogP contribution in [0.1, 0.15) is 24.8 Å². The van der Waals surface area contributed by atoms with Gasteiger partial charge in [-0.15, -0.1) is 0 Å². The van der Waals surface area contributed by atoms with Crippen molar-refractivity contribution < 1.29 is 18.3 Å². The van der Waals surface area contributed by atoms with Crippen LogP contribution in [0.5, 0.6) is 0 Å². The standard InChI is InChI=1S/C13H14N2O4S/c16-12(17)7-10(8-5-6-8)14-13-9-3-1-2-4-11(9)20(18,19)15-13/h1-4,8,10H,5-7H2,(H,14,15)(H,16,17). The average molecular weight is 294 g/mol. The van der Waals surface area contributed by atoms with E-state index in [1.54, 1.807) is 18.2 Å². The molecule has 1 unspecified atom stereocenters. The number of sulfonamides is 1. The third kappa shape index (κ3) is 2.40. The summed E-state index contributed by atoms with van der Waals surface area (Å²) in [6.07, 6.45) is 1.82. The zero-order valence-electron chi connectivity index (χ0n) is 10.6. The summed E-state index contributed by atoms with van der Waals surface area (Å²) in [6, 6.07) is 6.22. The van der Waals surface area contributed by atoms with E-state index < -0.39 is 16.0 Å². The molecule has 0 saturated heterocycles. The van der Waals surface area contributed by atoms with Crippen LogP contribution in [0.25, 0.3) is 0 Å². The van der Waals surface area contributed by atoms with Gasteiger partial charge >= 0.3 is 5.97 Å². The van der Waals surface area contributed by atoms with Crippen molar-refractivity contribution in [3.8, 4) is 0 Å². The van der Waals surface area contributed by atoms with Crippen LogP contribution in [0, 0.1) is 5.92 Å². The summed E-state index contributed by atoms with van der Waals surface area (Å²) in [5.74, 6) is -0.407. The number of amidine groups is 1. The minimum atomic E-state index is -3.56. The van der Waals surface area contributed by atoms with Gasteiger partial charge in [0.15, 0.2) is 0 Å². The summed E-state index contributed by atoms with van der Waals surface area (Å²) in [5.41, 5.74) is 0.517. The fraction of sp³-hybridized carbons (Fsp3) is 0.385. The highest BCUT2D eigenvalue weighted by Crippen LogP contribution is 2.36. The number of carboxylic acids is 1. The molecule has 20 heavy (non-hydrogen) atoms. The van der Waals surface area contributed by atoms with Gasteiger partial charge in [-0.05, 0) is 30.9 Å². The highest BCUT2D eigenvalue weighted by Gasteiger charge is 2.36. The Morgan fingerprint density at radius 1 is 1.40 bits per heavy atom. The van der Waals surface area contributed by atoms with E-state index in [4.69, 9.17) is 5.11 Å². The molecule has 1 aromatic rings. The number of nitrogens with one attached hydrogen (secondary N) is 1. The van der Waals surface area contributed by atoms with Crippen molar-refractivity contribution in [2.45, 2.75) is 30.2 Å². The molecule has 1 aliphatic carbocycles. The molecule has 0 spiro atoms. The molecule has 1 aliphatic heterocycles. The molecule has 2 aliphatic rings. The zero-order valence-corrected chi connectivity index (χ0v) is 11.4. The lowest BCUT2D eigenvalue weighted by atomic mass is 10.1. The topological polar surface area (TPSA) is 95.8 Å². The molecule has 1 heterocycles. The normalized spacial score (nSPS) is 23.1. The van der Waals surface area contributed by atoms with Gasteiger partial charge in [0, 0.05) is 5.56 Å². The third-order valence-electron chi connectivity index (χ3n) is 3.51. The van der Waals surface area contributed by atoms with Crippen LogP contribution in [-0.2, 0) is 14.8 Å². The molecule has 106 valence electrons. The van der Waals surface area contributed by atoms with Crippen LogP contribution in [0.3, 0.4) is 0 Å². The molecule has 2 N–H and O–H groups in total. The number of carbonyl (C=O) groups is 1. The lowest BCUT2D eigenvalue weighted by Crippen LogP contribution is -2.25. The second kappa shape index (κ2) is 4.59. The first-order valence-electron chi connectivity index (χ1n) is 6.39. The molecule has 3 rings (SSSR count). The van der Waals surface area contributed by atoms with Crippen LogP contribution < -0.4 is 4.72 Å². The van der Waals surface area contributed by atoms with Crippen LogP contribution in [-0.4, -0.2) is 31.4 Å². The van der Waals surface area contributed by atoms with Crippen LogP contribution in [0.4, 0.5) is 0 Å². The number of aliphatic carboxylic acids is 1. The largest absolute Gasteiger partial charge is 0.481 e. The second-order valence-electron chi connectivity index (χ2n) is 5.08. The van der Waals surface area contributed by atoms with Gasteiger partial charge in [0.1, 0.15) is 5.84 Å². The molecule has 0 amide bonds. The lowest BCUT2D eigenvalue weighted by Gasteiger charge is -2.09. The van der Waals surface area contributed by atoms with E-state index in [-0.39, 0.29) is 29.1 Å². The van der Waals surface area contributed by atoms with Crippen LogP contribution in [0.2, 0.25) is 0 Å². The van der Waals surface area contributed by atoms with Crippen LogP contribution >= 0.6 is 0 Å². The predicted octanol–water partition coefficient (Wildman–Crippen LogP) is 0.978. The predicted molar refractivity (Wildman–Crippen MR) is 72.1 cm³/mol. The maximum absolute atomic E-state index is 11.9. The van der Waals surface area contributed by atoms with Crippen molar-refractivity contribution in [3.63, 3.8) is 0 Å². The number of fused-ring (bicyclic) bond motifs is 1. The van der Waals surface area contributed by atoms with E-state index in [0.29, 0.717) is 5.56 Å². The van der Waals surface area contributed by atoms with Crippen LogP contribution in [0.15, 0.2) is 34.2 Å². The smallest absolute Gasteiger partial charge is 0.305 e. The Kier molecular flexibility index (Phi) is 3.01.